The van der Waals surface area contributed by atoms with E-state index in [1.165, 1.54) is 18.2 Å². The van der Waals surface area contributed by atoms with Gasteiger partial charge in [0.25, 0.3) is 0 Å². The monoisotopic (exact) mass is 375 g/mol. The topological polar surface area (TPSA) is 116 Å². The molecule has 2 rings (SSSR count). The van der Waals surface area contributed by atoms with Crippen molar-refractivity contribution in [2.24, 2.45) is 0 Å². The number of pyridine rings is 1. The molecule has 0 spiro atoms. The van der Waals surface area contributed by atoms with Crippen molar-refractivity contribution in [2.45, 2.75) is 17.2 Å². The molecule has 25 heavy (non-hydrogen) atoms. The van der Waals surface area contributed by atoms with Crippen molar-refractivity contribution >= 4 is 40.8 Å². The quantitative estimate of drug-likeness (QED) is 0.792. The van der Waals surface area contributed by atoms with Crippen LogP contribution < -0.4 is 11.1 Å². The minimum absolute atomic E-state index is 0.0121. The second-order valence-electron chi connectivity index (χ2n) is 4.88. The van der Waals surface area contributed by atoms with Gasteiger partial charge in [-0.1, -0.05) is 23.4 Å². The van der Waals surface area contributed by atoms with Gasteiger partial charge in [0.1, 0.15) is 28.8 Å². The number of benzene rings is 1. The van der Waals surface area contributed by atoms with Crippen LogP contribution in [0.4, 0.5) is 15.9 Å². The third kappa shape index (κ3) is 4.38. The van der Waals surface area contributed by atoms with E-state index in [9.17, 15) is 9.18 Å². The number of thioether (sulfide) groups is 1. The van der Waals surface area contributed by atoms with Gasteiger partial charge in [0, 0.05) is 5.69 Å². The van der Waals surface area contributed by atoms with Crippen LogP contribution in [-0.2, 0) is 4.79 Å². The lowest BCUT2D eigenvalue weighted by atomic mass is 10.2. The lowest BCUT2D eigenvalue weighted by Crippen LogP contribution is -2.22. The number of amides is 1. The summed E-state index contributed by atoms with van der Waals surface area (Å²) in [4.78, 5) is 16.3. The molecule has 9 heteroatoms. The number of nitrogens with two attached hydrogens (primary N) is 1. The third-order valence-electron chi connectivity index (χ3n) is 3.10. The molecule has 0 fully saturated rings. The Hall–Kier alpha value is -2.81. The van der Waals surface area contributed by atoms with Crippen molar-refractivity contribution in [2.75, 3.05) is 11.1 Å². The molecule has 1 amide bonds. The van der Waals surface area contributed by atoms with Crippen LogP contribution >= 0.6 is 23.4 Å². The molecule has 0 saturated heterocycles. The highest BCUT2D eigenvalue weighted by Gasteiger charge is 2.19. The fraction of sp³-hybridized carbons (Fsp3) is 0.125. The highest BCUT2D eigenvalue weighted by molar-refractivity contribution is 8.00. The Kier molecular flexibility index (Phi) is 5.81. The number of hydrogen-bond acceptors (Lipinski definition) is 6. The number of carbonyl (C=O) groups excluding carboxylic acids is 1. The SMILES string of the molecule is C[C@H](Sc1nc(N)c(C#N)cc1C#N)C(=O)Nc1ccc(F)c(Cl)c1. The van der Waals surface area contributed by atoms with Gasteiger partial charge in [-0.25, -0.2) is 9.37 Å². The molecule has 0 aliphatic rings. The number of aromatic nitrogens is 1. The van der Waals surface area contributed by atoms with E-state index in [0.717, 1.165) is 17.8 Å². The molecule has 126 valence electrons. The maximum absolute atomic E-state index is 13.1. The standard InChI is InChI=1S/C16H11ClFN5OS/c1-8(15(24)22-11-2-3-13(18)12(17)5-11)25-16-10(7-20)4-9(6-19)14(21)23-16/h2-5,8H,1H3,(H2,21,23)(H,22,24)/t8-/m0/s1. The number of anilines is 2. The Morgan fingerprint density at radius 2 is 2.04 bits per heavy atom. The van der Waals surface area contributed by atoms with Crippen LogP contribution in [0.2, 0.25) is 5.02 Å². The molecule has 2 aromatic rings. The first-order chi connectivity index (χ1) is 11.8. The van der Waals surface area contributed by atoms with E-state index in [2.05, 4.69) is 10.3 Å². The second kappa shape index (κ2) is 7.84. The van der Waals surface area contributed by atoms with E-state index >= 15 is 0 Å². The fourth-order valence-electron chi connectivity index (χ4n) is 1.81. The zero-order valence-corrected chi connectivity index (χ0v) is 14.5. The number of nitrogens with one attached hydrogen (secondary N) is 1. The van der Waals surface area contributed by atoms with Gasteiger partial charge < -0.3 is 11.1 Å². The van der Waals surface area contributed by atoms with Gasteiger partial charge >= 0.3 is 0 Å². The van der Waals surface area contributed by atoms with E-state index < -0.39 is 11.1 Å². The zero-order chi connectivity index (χ0) is 18.6. The summed E-state index contributed by atoms with van der Waals surface area (Å²) in [5.74, 6) is -0.985. The van der Waals surface area contributed by atoms with Gasteiger partial charge in [-0.2, -0.15) is 10.5 Å². The molecular weight excluding hydrogens is 365 g/mol. The van der Waals surface area contributed by atoms with Crippen LogP contribution in [-0.4, -0.2) is 16.1 Å². The highest BCUT2D eigenvalue weighted by atomic mass is 35.5. The van der Waals surface area contributed by atoms with Crippen molar-refractivity contribution in [3.05, 3.63) is 46.2 Å². The van der Waals surface area contributed by atoms with Crippen LogP contribution in [0.25, 0.3) is 0 Å². The van der Waals surface area contributed by atoms with E-state index in [4.69, 9.17) is 27.9 Å². The van der Waals surface area contributed by atoms with Crippen molar-refractivity contribution in [1.29, 1.82) is 10.5 Å². The lowest BCUT2D eigenvalue weighted by Gasteiger charge is -2.13. The smallest absolute Gasteiger partial charge is 0.237 e. The maximum Gasteiger partial charge on any atom is 0.237 e. The first-order valence-corrected chi connectivity index (χ1v) is 8.14. The number of nitriles is 2. The number of halogens is 2. The number of hydrogen-bond donors (Lipinski definition) is 2. The van der Waals surface area contributed by atoms with Gasteiger partial charge in [-0.05, 0) is 31.2 Å². The van der Waals surface area contributed by atoms with E-state index in [0.29, 0.717) is 5.69 Å². The lowest BCUT2D eigenvalue weighted by molar-refractivity contribution is -0.115. The molecule has 1 aromatic carbocycles. The minimum atomic E-state index is -0.629. The van der Waals surface area contributed by atoms with Gasteiger partial charge in [0.2, 0.25) is 5.91 Å². The molecule has 1 atom stereocenters. The van der Waals surface area contributed by atoms with Crippen molar-refractivity contribution in [1.82, 2.24) is 4.98 Å². The van der Waals surface area contributed by atoms with Crippen LogP contribution in [0.5, 0.6) is 0 Å². The fourth-order valence-corrected chi connectivity index (χ4v) is 2.87. The molecule has 0 bridgehead atoms. The average Bonchev–Trinajstić information content (AvgIpc) is 2.58. The van der Waals surface area contributed by atoms with Crippen LogP contribution in [0.3, 0.4) is 0 Å². The molecular formula is C16H11ClFN5OS. The second-order valence-corrected chi connectivity index (χ2v) is 6.61. The van der Waals surface area contributed by atoms with Gasteiger partial charge in [-0.3, -0.25) is 4.79 Å². The van der Waals surface area contributed by atoms with E-state index in [-0.39, 0.29) is 32.9 Å². The predicted octanol–water partition coefficient (Wildman–Crippen LogP) is 3.32. The van der Waals surface area contributed by atoms with Gasteiger partial charge in [-0.15, -0.1) is 0 Å². The van der Waals surface area contributed by atoms with Crippen LogP contribution in [0.15, 0.2) is 29.3 Å². The van der Waals surface area contributed by atoms with Crippen molar-refractivity contribution in [3.8, 4) is 12.1 Å². The molecule has 1 heterocycles. The third-order valence-corrected chi connectivity index (χ3v) is 4.49. The summed E-state index contributed by atoms with van der Waals surface area (Å²) in [5.41, 5.74) is 6.25. The maximum atomic E-state index is 13.1. The predicted molar refractivity (Wildman–Crippen MR) is 93.4 cm³/mol. The van der Waals surface area contributed by atoms with E-state index in [1.807, 2.05) is 12.1 Å². The average molecular weight is 376 g/mol. The Morgan fingerprint density at radius 1 is 1.36 bits per heavy atom. The Balaban J connectivity index is 2.16. The highest BCUT2D eigenvalue weighted by Crippen LogP contribution is 2.28. The molecule has 0 aliphatic heterocycles. The summed E-state index contributed by atoms with van der Waals surface area (Å²) in [7, 11) is 0. The molecule has 0 radical (unpaired) electrons. The Bertz CT molecular complexity index is 922. The number of nitrogen functional groups attached to an aromatic ring is 1. The summed E-state index contributed by atoms with van der Waals surface area (Å²) in [6.07, 6.45) is 0. The molecule has 3 N–H and O–H groups in total. The number of nitrogens with zero attached hydrogens (tertiary/aromatic N) is 3. The number of rotatable bonds is 4. The molecule has 0 aliphatic carbocycles. The van der Waals surface area contributed by atoms with Crippen molar-refractivity contribution < 1.29 is 9.18 Å². The zero-order valence-electron chi connectivity index (χ0n) is 12.9. The normalized spacial score (nSPS) is 11.2. The summed E-state index contributed by atoms with van der Waals surface area (Å²) in [6, 6.07) is 8.92. The molecule has 0 saturated carbocycles. The molecule has 6 nitrogen and oxygen atoms in total. The minimum Gasteiger partial charge on any atom is -0.383 e. The number of carbonyl (C=O) groups is 1. The summed E-state index contributed by atoms with van der Waals surface area (Å²) >= 11 is 6.70. The summed E-state index contributed by atoms with van der Waals surface area (Å²) in [6.45, 7) is 1.61. The summed E-state index contributed by atoms with van der Waals surface area (Å²) in [5, 5.41) is 20.2. The van der Waals surface area contributed by atoms with Gasteiger partial charge in [0.05, 0.1) is 21.4 Å². The van der Waals surface area contributed by atoms with Crippen molar-refractivity contribution in [3.63, 3.8) is 0 Å². The molecule has 0 unspecified atom stereocenters. The van der Waals surface area contributed by atoms with Crippen LogP contribution in [0.1, 0.15) is 18.1 Å². The van der Waals surface area contributed by atoms with Gasteiger partial charge in [0.15, 0.2) is 0 Å². The first-order valence-electron chi connectivity index (χ1n) is 6.89. The Labute approximate surface area is 152 Å². The largest absolute Gasteiger partial charge is 0.383 e. The Morgan fingerprint density at radius 3 is 2.64 bits per heavy atom. The molecule has 1 aromatic heterocycles. The van der Waals surface area contributed by atoms with Crippen LogP contribution in [0, 0.1) is 28.5 Å². The first kappa shape index (κ1) is 18.5. The summed E-state index contributed by atoms with van der Waals surface area (Å²) < 4.78 is 13.1. The van der Waals surface area contributed by atoms with E-state index in [1.54, 1.807) is 6.92 Å².